The molecule has 0 radical (unpaired) electrons. The zero-order valence-electron chi connectivity index (χ0n) is 9.41. The summed E-state index contributed by atoms with van der Waals surface area (Å²) < 4.78 is 6.21. The highest BCUT2D eigenvalue weighted by molar-refractivity contribution is 7.99. The Kier molecular flexibility index (Phi) is 4.35. The molecule has 1 saturated heterocycles. The van der Waals surface area contributed by atoms with Crippen molar-refractivity contribution in [3.05, 3.63) is 0 Å². The molecule has 2 aliphatic rings. The molecule has 1 aliphatic carbocycles. The first kappa shape index (κ1) is 11.7. The van der Waals surface area contributed by atoms with E-state index >= 15 is 0 Å². The molecular formula is C12H22O2S. The van der Waals surface area contributed by atoms with Crippen molar-refractivity contribution in [3.8, 4) is 0 Å². The molecule has 1 spiro atoms. The molecule has 1 atom stereocenters. The highest BCUT2D eigenvalue weighted by Gasteiger charge is 2.41. The lowest BCUT2D eigenvalue weighted by atomic mass is 9.98. The van der Waals surface area contributed by atoms with Gasteiger partial charge < -0.3 is 9.84 Å². The van der Waals surface area contributed by atoms with Crippen LogP contribution < -0.4 is 0 Å². The Bertz CT molecular complexity index is 190. The fourth-order valence-electron chi connectivity index (χ4n) is 2.78. The van der Waals surface area contributed by atoms with Gasteiger partial charge in [-0.2, -0.15) is 11.8 Å². The lowest BCUT2D eigenvalue weighted by Gasteiger charge is -2.23. The van der Waals surface area contributed by atoms with Gasteiger partial charge in [0.05, 0.1) is 11.7 Å². The third-order valence-corrected chi connectivity index (χ3v) is 4.79. The molecule has 3 heteroatoms. The number of ether oxygens (including phenoxy) is 1. The largest absolute Gasteiger partial charge is 0.396 e. The first-order chi connectivity index (χ1) is 7.35. The summed E-state index contributed by atoms with van der Waals surface area (Å²) in [6, 6.07) is 0. The van der Waals surface area contributed by atoms with E-state index in [1.165, 1.54) is 38.5 Å². The van der Waals surface area contributed by atoms with Gasteiger partial charge in [0.25, 0.3) is 0 Å². The van der Waals surface area contributed by atoms with E-state index in [-0.39, 0.29) is 0 Å². The molecule has 1 saturated carbocycles. The van der Waals surface area contributed by atoms with Gasteiger partial charge in [-0.3, -0.25) is 0 Å². The standard InChI is InChI=1S/C12H22O2S/c13-8-3-9-15-10-11-4-7-12(14-11)5-1-2-6-12/h11,13H,1-10H2. The van der Waals surface area contributed by atoms with Crippen LogP contribution in [0.2, 0.25) is 0 Å². The molecule has 1 N–H and O–H groups in total. The van der Waals surface area contributed by atoms with Gasteiger partial charge in [0.1, 0.15) is 0 Å². The number of rotatable bonds is 5. The van der Waals surface area contributed by atoms with Crippen LogP contribution >= 0.6 is 11.8 Å². The molecule has 15 heavy (non-hydrogen) atoms. The monoisotopic (exact) mass is 230 g/mol. The van der Waals surface area contributed by atoms with Gasteiger partial charge in [0.2, 0.25) is 0 Å². The average molecular weight is 230 g/mol. The van der Waals surface area contributed by atoms with Crippen molar-refractivity contribution in [2.75, 3.05) is 18.1 Å². The minimum Gasteiger partial charge on any atom is -0.396 e. The molecule has 0 amide bonds. The third kappa shape index (κ3) is 3.11. The highest BCUT2D eigenvalue weighted by atomic mass is 32.2. The highest BCUT2D eigenvalue weighted by Crippen LogP contribution is 2.43. The molecule has 0 aromatic rings. The Morgan fingerprint density at radius 3 is 2.80 bits per heavy atom. The summed E-state index contributed by atoms with van der Waals surface area (Å²) in [6.45, 7) is 0.322. The fourth-order valence-corrected chi connectivity index (χ4v) is 3.78. The Balaban J connectivity index is 1.64. The van der Waals surface area contributed by atoms with E-state index < -0.39 is 0 Å². The van der Waals surface area contributed by atoms with E-state index in [0.717, 1.165) is 17.9 Å². The number of aliphatic hydroxyl groups excluding tert-OH is 1. The molecule has 0 aromatic heterocycles. The molecule has 1 heterocycles. The molecular weight excluding hydrogens is 208 g/mol. The Morgan fingerprint density at radius 2 is 2.07 bits per heavy atom. The summed E-state index contributed by atoms with van der Waals surface area (Å²) in [7, 11) is 0. The number of hydrogen-bond acceptors (Lipinski definition) is 3. The molecule has 2 fully saturated rings. The van der Waals surface area contributed by atoms with E-state index in [9.17, 15) is 0 Å². The van der Waals surface area contributed by atoms with Gasteiger partial charge in [-0.05, 0) is 37.9 Å². The summed E-state index contributed by atoms with van der Waals surface area (Å²) in [5.74, 6) is 2.20. The minimum atomic E-state index is 0.294. The summed E-state index contributed by atoms with van der Waals surface area (Å²) in [4.78, 5) is 0. The quantitative estimate of drug-likeness (QED) is 0.736. The van der Waals surface area contributed by atoms with Crippen LogP contribution in [-0.4, -0.2) is 34.9 Å². The second kappa shape index (κ2) is 5.55. The molecule has 0 aromatic carbocycles. The Morgan fingerprint density at radius 1 is 1.27 bits per heavy atom. The zero-order valence-corrected chi connectivity index (χ0v) is 10.2. The Labute approximate surface area is 96.8 Å². The van der Waals surface area contributed by atoms with Crippen molar-refractivity contribution in [2.45, 2.75) is 56.7 Å². The maximum atomic E-state index is 8.68. The van der Waals surface area contributed by atoms with Crippen LogP contribution in [0.4, 0.5) is 0 Å². The van der Waals surface area contributed by atoms with Crippen molar-refractivity contribution in [3.63, 3.8) is 0 Å². The van der Waals surface area contributed by atoms with E-state index in [2.05, 4.69) is 0 Å². The van der Waals surface area contributed by atoms with Crippen LogP contribution in [0, 0.1) is 0 Å². The van der Waals surface area contributed by atoms with E-state index in [1.807, 2.05) is 11.8 Å². The lowest BCUT2D eigenvalue weighted by Crippen LogP contribution is -2.25. The predicted molar refractivity (Wildman–Crippen MR) is 64.3 cm³/mol. The maximum Gasteiger partial charge on any atom is 0.0687 e. The van der Waals surface area contributed by atoms with Gasteiger partial charge in [0.15, 0.2) is 0 Å². The second-order valence-corrected chi connectivity index (χ2v) is 5.97. The number of thioether (sulfide) groups is 1. The minimum absolute atomic E-state index is 0.294. The first-order valence-corrected chi connectivity index (χ1v) is 7.37. The van der Waals surface area contributed by atoms with Crippen molar-refractivity contribution >= 4 is 11.8 Å². The first-order valence-electron chi connectivity index (χ1n) is 6.21. The van der Waals surface area contributed by atoms with Crippen LogP contribution in [0.25, 0.3) is 0 Å². The van der Waals surface area contributed by atoms with Gasteiger partial charge in [-0.25, -0.2) is 0 Å². The third-order valence-electron chi connectivity index (χ3n) is 3.60. The summed E-state index contributed by atoms with van der Waals surface area (Å²) >= 11 is 1.93. The number of aliphatic hydroxyl groups is 1. The van der Waals surface area contributed by atoms with Crippen molar-refractivity contribution in [1.29, 1.82) is 0 Å². The molecule has 1 unspecified atom stereocenters. The van der Waals surface area contributed by atoms with Crippen LogP contribution in [0.15, 0.2) is 0 Å². The van der Waals surface area contributed by atoms with E-state index in [4.69, 9.17) is 9.84 Å². The summed E-state index contributed by atoms with van der Waals surface area (Å²) in [6.07, 6.45) is 9.28. The second-order valence-electron chi connectivity index (χ2n) is 4.82. The van der Waals surface area contributed by atoms with Crippen LogP contribution in [0.5, 0.6) is 0 Å². The SMILES string of the molecule is OCCCSCC1CCC2(CCCC2)O1. The van der Waals surface area contributed by atoms with Gasteiger partial charge in [-0.15, -0.1) is 0 Å². The zero-order chi connectivity index (χ0) is 10.6. The smallest absolute Gasteiger partial charge is 0.0687 e. The molecule has 2 rings (SSSR count). The van der Waals surface area contributed by atoms with Crippen molar-refractivity contribution in [2.24, 2.45) is 0 Å². The number of hydrogen-bond donors (Lipinski definition) is 1. The predicted octanol–water partition coefficient (Wildman–Crippen LogP) is 2.59. The Hall–Kier alpha value is 0.270. The molecule has 2 nitrogen and oxygen atoms in total. The fraction of sp³-hybridized carbons (Fsp3) is 1.00. The van der Waals surface area contributed by atoms with Crippen LogP contribution in [0.3, 0.4) is 0 Å². The maximum absolute atomic E-state index is 8.68. The van der Waals surface area contributed by atoms with Gasteiger partial charge in [-0.1, -0.05) is 12.8 Å². The normalized spacial score (nSPS) is 29.0. The van der Waals surface area contributed by atoms with Crippen molar-refractivity contribution < 1.29 is 9.84 Å². The van der Waals surface area contributed by atoms with Crippen LogP contribution in [0.1, 0.15) is 44.9 Å². The molecule has 1 aliphatic heterocycles. The molecule has 0 bridgehead atoms. The van der Waals surface area contributed by atoms with Crippen molar-refractivity contribution in [1.82, 2.24) is 0 Å². The lowest BCUT2D eigenvalue weighted by molar-refractivity contribution is -0.0267. The van der Waals surface area contributed by atoms with Gasteiger partial charge >= 0.3 is 0 Å². The van der Waals surface area contributed by atoms with E-state index in [0.29, 0.717) is 18.3 Å². The summed E-state index contributed by atoms with van der Waals surface area (Å²) in [5.41, 5.74) is 0.294. The molecule has 88 valence electrons. The average Bonchev–Trinajstić information content (AvgIpc) is 2.85. The topological polar surface area (TPSA) is 29.5 Å². The van der Waals surface area contributed by atoms with Crippen LogP contribution in [-0.2, 0) is 4.74 Å². The summed E-state index contributed by atoms with van der Waals surface area (Å²) in [5, 5.41) is 8.68. The van der Waals surface area contributed by atoms with Gasteiger partial charge in [0, 0.05) is 12.4 Å². The van der Waals surface area contributed by atoms with E-state index in [1.54, 1.807) is 0 Å².